The minimum atomic E-state index is -0.0407. The monoisotopic (exact) mass is 341 g/mol. The topological polar surface area (TPSA) is 56.2 Å². The predicted octanol–water partition coefficient (Wildman–Crippen LogP) is 3.89. The number of rotatable bonds is 6. The maximum absolute atomic E-state index is 12.7. The molecule has 0 unspecified atom stereocenters. The fraction of sp³-hybridized carbons (Fsp3) is 0.500. The summed E-state index contributed by atoms with van der Waals surface area (Å²) in [5, 5.41) is 7.70. The zero-order valence-corrected chi connectivity index (χ0v) is 15.1. The summed E-state index contributed by atoms with van der Waals surface area (Å²) in [6, 6.07) is 9.61. The highest BCUT2D eigenvalue weighted by Gasteiger charge is 2.19. The van der Waals surface area contributed by atoms with Crippen molar-refractivity contribution in [3.63, 3.8) is 0 Å². The molecular weight excluding hydrogens is 314 g/mol. The zero-order valence-electron chi connectivity index (χ0n) is 15.1. The molecule has 0 saturated heterocycles. The summed E-state index contributed by atoms with van der Waals surface area (Å²) in [4.78, 5) is 12.7. The van der Waals surface area contributed by atoms with Gasteiger partial charge in [0.1, 0.15) is 11.4 Å². The van der Waals surface area contributed by atoms with Gasteiger partial charge < -0.3 is 10.1 Å². The minimum Gasteiger partial charge on any atom is -0.496 e. The molecule has 134 valence electrons. The first-order chi connectivity index (χ1) is 12.2. The van der Waals surface area contributed by atoms with Gasteiger partial charge in [0.05, 0.1) is 12.8 Å². The Morgan fingerprint density at radius 1 is 1.28 bits per heavy atom. The van der Waals surface area contributed by atoms with Crippen LogP contribution in [0.5, 0.6) is 5.75 Å². The van der Waals surface area contributed by atoms with Gasteiger partial charge in [0.15, 0.2) is 0 Å². The highest BCUT2D eigenvalue weighted by atomic mass is 16.5. The van der Waals surface area contributed by atoms with Crippen LogP contribution in [-0.2, 0) is 6.54 Å². The fourth-order valence-corrected chi connectivity index (χ4v) is 3.55. The molecule has 5 nitrogen and oxygen atoms in total. The molecule has 0 radical (unpaired) electrons. The van der Waals surface area contributed by atoms with E-state index in [-0.39, 0.29) is 5.91 Å². The molecule has 1 aliphatic carbocycles. The minimum absolute atomic E-state index is 0.0407. The molecule has 0 aliphatic heterocycles. The van der Waals surface area contributed by atoms with Crippen LogP contribution in [0.2, 0.25) is 0 Å². The summed E-state index contributed by atoms with van der Waals surface area (Å²) in [6.45, 7) is 3.41. The van der Waals surface area contributed by atoms with Crippen molar-refractivity contribution >= 4 is 5.91 Å². The molecule has 0 atom stereocenters. The van der Waals surface area contributed by atoms with Gasteiger partial charge in [0.2, 0.25) is 0 Å². The molecule has 3 rings (SSSR count). The highest BCUT2D eigenvalue weighted by molar-refractivity contribution is 5.93. The van der Waals surface area contributed by atoms with E-state index < -0.39 is 0 Å². The third-order valence-corrected chi connectivity index (χ3v) is 4.97. The SMILES string of the molecule is CCn1nc(-c2ccccc2OC)cc1C(=O)NCC1CCCCC1. The first kappa shape index (κ1) is 17.5. The third kappa shape index (κ3) is 4.03. The third-order valence-electron chi connectivity index (χ3n) is 4.97. The number of methoxy groups -OCH3 is 1. The van der Waals surface area contributed by atoms with Gasteiger partial charge in [0, 0.05) is 18.7 Å². The lowest BCUT2D eigenvalue weighted by atomic mass is 9.89. The Hall–Kier alpha value is -2.30. The lowest BCUT2D eigenvalue weighted by Crippen LogP contribution is -2.31. The van der Waals surface area contributed by atoms with Crippen molar-refractivity contribution in [2.45, 2.75) is 45.6 Å². The number of carbonyl (C=O) groups excluding carboxylic acids is 1. The zero-order chi connectivity index (χ0) is 17.6. The highest BCUT2D eigenvalue weighted by Crippen LogP contribution is 2.29. The van der Waals surface area contributed by atoms with E-state index in [0.717, 1.165) is 23.6 Å². The Bertz CT molecular complexity index is 717. The van der Waals surface area contributed by atoms with Crippen molar-refractivity contribution in [2.75, 3.05) is 13.7 Å². The van der Waals surface area contributed by atoms with Crippen molar-refractivity contribution in [1.82, 2.24) is 15.1 Å². The number of hydrogen-bond acceptors (Lipinski definition) is 3. The van der Waals surface area contributed by atoms with Crippen LogP contribution in [0.25, 0.3) is 11.3 Å². The first-order valence-electron chi connectivity index (χ1n) is 9.22. The van der Waals surface area contributed by atoms with E-state index in [0.29, 0.717) is 18.2 Å². The predicted molar refractivity (Wildman–Crippen MR) is 98.8 cm³/mol. The number of aryl methyl sites for hydroxylation is 1. The van der Waals surface area contributed by atoms with Gasteiger partial charge in [-0.2, -0.15) is 5.10 Å². The molecule has 1 aromatic carbocycles. The van der Waals surface area contributed by atoms with E-state index in [9.17, 15) is 4.79 Å². The van der Waals surface area contributed by atoms with Crippen LogP contribution in [0, 0.1) is 5.92 Å². The van der Waals surface area contributed by atoms with Crippen LogP contribution in [0.15, 0.2) is 30.3 Å². The second kappa shape index (κ2) is 8.19. The molecule has 1 heterocycles. The van der Waals surface area contributed by atoms with E-state index >= 15 is 0 Å². The maximum Gasteiger partial charge on any atom is 0.269 e. The van der Waals surface area contributed by atoms with Crippen LogP contribution >= 0.6 is 0 Å². The van der Waals surface area contributed by atoms with Gasteiger partial charge in [-0.25, -0.2) is 0 Å². The van der Waals surface area contributed by atoms with Crippen LogP contribution in [0.1, 0.15) is 49.5 Å². The Morgan fingerprint density at radius 2 is 2.04 bits per heavy atom. The van der Waals surface area contributed by atoms with Crippen molar-refractivity contribution in [1.29, 1.82) is 0 Å². The van der Waals surface area contributed by atoms with Crippen molar-refractivity contribution < 1.29 is 9.53 Å². The number of benzene rings is 1. The number of ether oxygens (including phenoxy) is 1. The lowest BCUT2D eigenvalue weighted by molar-refractivity contribution is 0.0933. The molecule has 1 fully saturated rings. The number of hydrogen-bond donors (Lipinski definition) is 1. The van der Waals surface area contributed by atoms with E-state index in [1.165, 1.54) is 32.1 Å². The Kier molecular flexibility index (Phi) is 5.74. The molecule has 1 N–H and O–H groups in total. The van der Waals surface area contributed by atoms with Gasteiger partial charge in [-0.05, 0) is 43.9 Å². The quantitative estimate of drug-likeness (QED) is 0.867. The summed E-state index contributed by atoms with van der Waals surface area (Å²) in [6.07, 6.45) is 6.34. The first-order valence-corrected chi connectivity index (χ1v) is 9.22. The second-order valence-corrected chi connectivity index (χ2v) is 6.64. The van der Waals surface area contributed by atoms with E-state index in [2.05, 4.69) is 10.4 Å². The van der Waals surface area contributed by atoms with Crippen molar-refractivity contribution in [3.8, 4) is 17.0 Å². The molecule has 25 heavy (non-hydrogen) atoms. The molecule has 1 aromatic heterocycles. The fourth-order valence-electron chi connectivity index (χ4n) is 3.55. The van der Waals surface area contributed by atoms with E-state index in [1.54, 1.807) is 11.8 Å². The summed E-state index contributed by atoms with van der Waals surface area (Å²) in [7, 11) is 1.65. The van der Waals surface area contributed by atoms with E-state index in [4.69, 9.17) is 4.74 Å². The van der Waals surface area contributed by atoms with Crippen molar-refractivity contribution in [3.05, 3.63) is 36.0 Å². The van der Waals surface area contributed by atoms with Gasteiger partial charge in [-0.15, -0.1) is 0 Å². The van der Waals surface area contributed by atoms with Gasteiger partial charge >= 0.3 is 0 Å². The number of nitrogens with zero attached hydrogens (tertiary/aromatic N) is 2. The molecule has 0 bridgehead atoms. The summed E-state index contributed by atoms with van der Waals surface area (Å²) >= 11 is 0. The molecule has 1 amide bonds. The number of carbonyl (C=O) groups is 1. The molecule has 1 saturated carbocycles. The smallest absolute Gasteiger partial charge is 0.269 e. The normalized spacial score (nSPS) is 15.1. The average Bonchev–Trinajstić information content (AvgIpc) is 3.11. The van der Waals surface area contributed by atoms with E-state index in [1.807, 2.05) is 37.3 Å². The molecule has 5 heteroatoms. The number of para-hydroxylation sites is 1. The van der Waals surface area contributed by atoms with Crippen LogP contribution in [0.4, 0.5) is 0 Å². The van der Waals surface area contributed by atoms with Crippen LogP contribution in [0.3, 0.4) is 0 Å². The molecular formula is C20H27N3O2. The van der Waals surface area contributed by atoms with Gasteiger partial charge in [-0.1, -0.05) is 31.4 Å². The number of amides is 1. The van der Waals surface area contributed by atoms with Gasteiger partial charge in [-0.3, -0.25) is 9.48 Å². The van der Waals surface area contributed by atoms with Crippen LogP contribution < -0.4 is 10.1 Å². The number of nitrogens with one attached hydrogen (secondary N) is 1. The standard InChI is InChI=1S/C20H27N3O2/c1-3-23-18(20(24)21-14-15-9-5-4-6-10-15)13-17(22-23)16-11-7-8-12-19(16)25-2/h7-8,11-13,15H,3-6,9-10,14H2,1-2H3,(H,21,24). The summed E-state index contributed by atoms with van der Waals surface area (Å²) in [5.41, 5.74) is 2.28. The van der Waals surface area contributed by atoms with Crippen LogP contribution in [-0.4, -0.2) is 29.3 Å². The molecule has 2 aromatic rings. The Morgan fingerprint density at radius 3 is 2.76 bits per heavy atom. The van der Waals surface area contributed by atoms with Crippen molar-refractivity contribution in [2.24, 2.45) is 5.92 Å². The maximum atomic E-state index is 12.7. The average molecular weight is 341 g/mol. The summed E-state index contributed by atoms with van der Waals surface area (Å²) < 4.78 is 7.18. The Labute approximate surface area is 149 Å². The largest absolute Gasteiger partial charge is 0.496 e. The molecule has 1 aliphatic rings. The Balaban J connectivity index is 1.76. The summed E-state index contributed by atoms with van der Waals surface area (Å²) in [5.74, 6) is 1.34. The molecule has 0 spiro atoms. The number of aromatic nitrogens is 2. The second-order valence-electron chi connectivity index (χ2n) is 6.64. The lowest BCUT2D eigenvalue weighted by Gasteiger charge is -2.21. The van der Waals surface area contributed by atoms with Gasteiger partial charge in [0.25, 0.3) is 5.91 Å².